The first-order valence-corrected chi connectivity index (χ1v) is 13.2. The predicted octanol–water partition coefficient (Wildman–Crippen LogP) is 8.08. The van der Waals surface area contributed by atoms with Gasteiger partial charge in [0.05, 0.1) is 22.1 Å². The Bertz CT molecular complexity index is 1310. The van der Waals surface area contributed by atoms with Crippen LogP contribution < -0.4 is 9.47 Å². The summed E-state index contributed by atoms with van der Waals surface area (Å²) < 4.78 is 12.3. The Kier molecular flexibility index (Phi) is 8.54. The van der Waals surface area contributed by atoms with Crippen LogP contribution in [-0.2, 0) is 17.9 Å². The van der Waals surface area contributed by atoms with Gasteiger partial charge in [0.1, 0.15) is 6.61 Å². The van der Waals surface area contributed by atoms with Gasteiger partial charge in [-0.2, -0.15) is 0 Å². The molecule has 5 nitrogen and oxygen atoms in total. The molecule has 0 saturated carbocycles. The number of ether oxygens (including phenoxy) is 2. The van der Waals surface area contributed by atoms with Crippen LogP contribution in [0.5, 0.6) is 11.5 Å². The predicted molar refractivity (Wildman–Crippen MR) is 149 cm³/mol. The normalized spacial score (nSPS) is 14.7. The molecule has 1 fully saturated rings. The van der Waals surface area contributed by atoms with Gasteiger partial charge in [0.25, 0.3) is 11.1 Å². The zero-order valence-electron chi connectivity index (χ0n) is 18.2. The zero-order valence-corrected chi connectivity index (χ0v) is 23.4. The number of rotatable bonds is 7. The monoisotopic (exact) mass is 659 g/mol. The first-order chi connectivity index (χ1) is 16.8. The van der Waals surface area contributed by atoms with E-state index in [1.54, 1.807) is 49.6 Å². The molecule has 0 aromatic heterocycles. The second-order valence-electron chi connectivity index (χ2n) is 7.42. The summed E-state index contributed by atoms with van der Waals surface area (Å²) in [5.41, 5.74) is 2.19. The molecule has 0 bridgehead atoms. The summed E-state index contributed by atoms with van der Waals surface area (Å²) in [6.07, 6.45) is 1.66. The van der Waals surface area contributed by atoms with Gasteiger partial charge in [-0.3, -0.25) is 14.5 Å². The van der Waals surface area contributed by atoms with E-state index in [2.05, 4.69) is 22.6 Å². The molecule has 1 heterocycles. The average Bonchev–Trinajstić information content (AvgIpc) is 3.08. The lowest BCUT2D eigenvalue weighted by Gasteiger charge is -2.15. The minimum absolute atomic E-state index is 0.00115. The summed E-state index contributed by atoms with van der Waals surface area (Å²) in [5, 5.41) is 1.06. The van der Waals surface area contributed by atoms with Crippen molar-refractivity contribution in [1.82, 2.24) is 4.90 Å². The number of benzene rings is 3. The molecule has 2 amide bonds. The molecule has 35 heavy (non-hydrogen) atoms. The second kappa shape index (κ2) is 11.4. The average molecular weight is 661 g/mol. The molecule has 1 aliphatic rings. The van der Waals surface area contributed by atoms with Crippen molar-refractivity contribution >= 4 is 86.4 Å². The number of carbonyl (C=O) groups is 2. The lowest BCUT2D eigenvalue weighted by molar-refractivity contribution is -0.123. The Morgan fingerprint density at radius 1 is 1.03 bits per heavy atom. The fourth-order valence-corrected chi connectivity index (χ4v) is 5.59. The van der Waals surface area contributed by atoms with Crippen LogP contribution in [-0.4, -0.2) is 23.2 Å². The van der Waals surface area contributed by atoms with Gasteiger partial charge >= 0.3 is 0 Å². The highest BCUT2D eigenvalue weighted by atomic mass is 127. The van der Waals surface area contributed by atoms with E-state index in [1.165, 1.54) is 0 Å². The van der Waals surface area contributed by atoms with Gasteiger partial charge in [-0.05, 0) is 88.0 Å². The van der Waals surface area contributed by atoms with Crippen molar-refractivity contribution in [2.75, 3.05) is 7.11 Å². The maximum absolute atomic E-state index is 13.0. The van der Waals surface area contributed by atoms with Gasteiger partial charge in [-0.1, -0.05) is 53.0 Å². The van der Waals surface area contributed by atoms with Crippen LogP contribution in [0.4, 0.5) is 4.79 Å². The van der Waals surface area contributed by atoms with Gasteiger partial charge in [0.15, 0.2) is 11.5 Å². The minimum atomic E-state index is -0.409. The Balaban J connectivity index is 1.54. The summed E-state index contributed by atoms with van der Waals surface area (Å²) in [6, 6.07) is 16.1. The van der Waals surface area contributed by atoms with Crippen LogP contribution in [0, 0.1) is 3.57 Å². The molecule has 0 N–H and O–H groups in total. The van der Waals surface area contributed by atoms with E-state index in [0.29, 0.717) is 49.2 Å². The summed E-state index contributed by atoms with van der Waals surface area (Å²) in [4.78, 5) is 27.0. The van der Waals surface area contributed by atoms with Crippen LogP contribution in [0.15, 0.2) is 59.5 Å². The van der Waals surface area contributed by atoms with Gasteiger partial charge in [-0.15, -0.1) is 0 Å². The third-order valence-electron chi connectivity index (χ3n) is 5.10. The van der Waals surface area contributed by atoms with Crippen molar-refractivity contribution in [3.63, 3.8) is 0 Å². The van der Waals surface area contributed by atoms with Crippen LogP contribution in [0.3, 0.4) is 0 Å². The van der Waals surface area contributed by atoms with Gasteiger partial charge < -0.3 is 9.47 Å². The first-order valence-electron chi connectivity index (χ1n) is 10.2. The fraction of sp³-hybridized carbons (Fsp3) is 0.120. The van der Waals surface area contributed by atoms with Crippen molar-refractivity contribution < 1.29 is 19.1 Å². The highest BCUT2D eigenvalue weighted by molar-refractivity contribution is 14.1. The number of carbonyl (C=O) groups excluding carboxylic acids is 2. The van der Waals surface area contributed by atoms with Crippen LogP contribution >= 0.6 is 69.2 Å². The molecule has 4 rings (SSSR count). The van der Waals surface area contributed by atoms with Crippen molar-refractivity contribution in [1.29, 1.82) is 0 Å². The minimum Gasteiger partial charge on any atom is -0.493 e. The molecule has 3 aromatic rings. The van der Waals surface area contributed by atoms with Crippen molar-refractivity contribution in [3.05, 3.63) is 94.8 Å². The molecule has 0 unspecified atom stereocenters. The molecular weight excluding hydrogens is 644 g/mol. The quantitative estimate of drug-likeness (QED) is 0.190. The van der Waals surface area contributed by atoms with E-state index in [1.807, 2.05) is 18.2 Å². The third kappa shape index (κ3) is 6.09. The van der Waals surface area contributed by atoms with E-state index in [-0.39, 0.29) is 11.8 Å². The Morgan fingerprint density at radius 2 is 1.71 bits per heavy atom. The summed E-state index contributed by atoms with van der Waals surface area (Å²) in [5.74, 6) is 0.689. The topological polar surface area (TPSA) is 55.8 Å². The van der Waals surface area contributed by atoms with E-state index in [9.17, 15) is 9.59 Å². The fourth-order valence-electron chi connectivity index (χ4n) is 3.33. The Labute approximate surface area is 235 Å². The van der Waals surface area contributed by atoms with Crippen LogP contribution in [0.25, 0.3) is 6.08 Å². The molecule has 1 aliphatic heterocycles. The molecule has 0 aliphatic carbocycles. The largest absolute Gasteiger partial charge is 0.493 e. The lowest BCUT2D eigenvalue weighted by Crippen LogP contribution is -2.27. The number of hydrogen-bond acceptors (Lipinski definition) is 5. The van der Waals surface area contributed by atoms with E-state index < -0.39 is 5.91 Å². The zero-order chi connectivity index (χ0) is 25.1. The third-order valence-corrected chi connectivity index (χ3v) is 7.77. The van der Waals surface area contributed by atoms with E-state index in [4.69, 9.17) is 44.3 Å². The number of nitrogens with zero attached hydrogens (tertiary/aromatic N) is 1. The van der Waals surface area contributed by atoms with Crippen molar-refractivity contribution in [2.24, 2.45) is 0 Å². The van der Waals surface area contributed by atoms with Crippen molar-refractivity contribution in [2.45, 2.75) is 13.2 Å². The number of imide groups is 1. The highest BCUT2D eigenvalue weighted by Gasteiger charge is 2.35. The van der Waals surface area contributed by atoms with E-state index >= 15 is 0 Å². The van der Waals surface area contributed by atoms with Gasteiger partial charge in [0.2, 0.25) is 0 Å². The standard InChI is InChI=1S/C25H17Cl3INO4S/c1-33-21-10-15(9-20(29)23(21)34-13-14-5-7-16(26)8-6-14)11-22-24(31)30(25(32)35-22)12-17-18(27)3-2-4-19(17)28/h2-11H,12-13H2,1H3/b22-11-. The number of halogens is 4. The Morgan fingerprint density at radius 3 is 2.37 bits per heavy atom. The second-order valence-corrected chi connectivity index (χ2v) is 10.8. The van der Waals surface area contributed by atoms with Crippen LogP contribution in [0.2, 0.25) is 15.1 Å². The number of methoxy groups -OCH3 is 1. The molecule has 1 saturated heterocycles. The molecule has 0 radical (unpaired) electrons. The van der Waals surface area contributed by atoms with Crippen molar-refractivity contribution in [3.8, 4) is 11.5 Å². The highest BCUT2D eigenvalue weighted by Crippen LogP contribution is 2.39. The summed E-state index contributed by atoms with van der Waals surface area (Å²) in [7, 11) is 1.55. The molecule has 10 heteroatoms. The van der Waals surface area contributed by atoms with Gasteiger partial charge in [0, 0.05) is 20.6 Å². The molecule has 3 aromatic carbocycles. The maximum atomic E-state index is 13.0. The van der Waals surface area contributed by atoms with E-state index in [0.717, 1.165) is 25.8 Å². The smallest absolute Gasteiger partial charge is 0.293 e. The number of hydrogen-bond donors (Lipinski definition) is 0. The molecule has 0 atom stereocenters. The molecule has 180 valence electrons. The first kappa shape index (κ1) is 26.2. The van der Waals surface area contributed by atoms with Gasteiger partial charge in [-0.25, -0.2) is 0 Å². The summed E-state index contributed by atoms with van der Waals surface area (Å²) >= 11 is 21.4. The number of amides is 2. The SMILES string of the molecule is COc1cc(/C=C2\SC(=O)N(Cc3c(Cl)cccc3Cl)C2=O)cc(I)c1OCc1ccc(Cl)cc1. The summed E-state index contributed by atoms with van der Waals surface area (Å²) in [6.45, 7) is 0.339. The van der Waals surface area contributed by atoms with Crippen LogP contribution in [0.1, 0.15) is 16.7 Å². The molecular formula is C25H17Cl3INO4S. The Hall–Kier alpha value is -1.91. The molecule has 0 spiro atoms. The lowest BCUT2D eigenvalue weighted by atomic mass is 10.1. The maximum Gasteiger partial charge on any atom is 0.293 e. The number of thioether (sulfide) groups is 1.